The lowest BCUT2D eigenvalue weighted by atomic mass is 10.2. The van der Waals surface area contributed by atoms with Crippen molar-refractivity contribution < 1.29 is 23.1 Å². The first-order valence-corrected chi connectivity index (χ1v) is 4.42. The number of nitrogen functional groups attached to an aromatic ring is 1. The standard InChI is InChI=1S/C8H10F3N3O2.ClH/c1-2-5(7(15)16)14-3-4(12)6(13-14)8(9,10)11;/h3,5H,2,12H2,1H3,(H,15,16);1H. The van der Waals surface area contributed by atoms with Crippen molar-refractivity contribution >= 4 is 24.1 Å². The van der Waals surface area contributed by atoms with Crippen LogP contribution in [0.25, 0.3) is 0 Å². The van der Waals surface area contributed by atoms with Crippen LogP contribution in [-0.4, -0.2) is 20.9 Å². The van der Waals surface area contributed by atoms with E-state index in [1.165, 1.54) is 6.92 Å². The van der Waals surface area contributed by atoms with Crippen LogP contribution in [0.1, 0.15) is 25.1 Å². The summed E-state index contributed by atoms with van der Waals surface area (Å²) in [6.45, 7) is 1.53. The van der Waals surface area contributed by atoms with Gasteiger partial charge in [0.2, 0.25) is 0 Å². The number of aromatic nitrogens is 2. The maximum atomic E-state index is 12.3. The maximum absolute atomic E-state index is 12.3. The Hall–Kier alpha value is -1.44. The highest BCUT2D eigenvalue weighted by Crippen LogP contribution is 2.32. The van der Waals surface area contributed by atoms with Gasteiger partial charge >= 0.3 is 12.1 Å². The topological polar surface area (TPSA) is 81.1 Å². The first-order chi connectivity index (χ1) is 7.27. The predicted octanol–water partition coefficient (Wildman–Crippen LogP) is 1.94. The predicted molar refractivity (Wildman–Crippen MR) is 55.9 cm³/mol. The van der Waals surface area contributed by atoms with Crippen LogP contribution in [0, 0.1) is 0 Å². The van der Waals surface area contributed by atoms with E-state index in [1.54, 1.807) is 0 Å². The van der Waals surface area contributed by atoms with Crippen LogP contribution in [0.5, 0.6) is 0 Å². The summed E-state index contributed by atoms with van der Waals surface area (Å²) in [6, 6.07) is -1.14. The van der Waals surface area contributed by atoms with E-state index in [-0.39, 0.29) is 18.8 Å². The van der Waals surface area contributed by atoms with Gasteiger partial charge in [0.25, 0.3) is 0 Å². The molecule has 0 bridgehead atoms. The molecule has 1 unspecified atom stereocenters. The lowest BCUT2D eigenvalue weighted by Gasteiger charge is -2.09. The van der Waals surface area contributed by atoms with Gasteiger partial charge in [0.15, 0.2) is 5.69 Å². The first-order valence-electron chi connectivity index (χ1n) is 4.42. The average molecular weight is 274 g/mol. The monoisotopic (exact) mass is 273 g/mol. The molecule has 9 heteroatoms. The van der Waals surface area contributed by atoms with Crippen molar-refractivity contribution in [2.75, 3.05) is 5.73 Å². The van der Waals surface area contributed by atoms with E-state index in [0.717, 1.165) is 10.9 Å². The van der Waals surface area contributed by atoms with Crippen LogP contribution in [0.2, 0.25) is 0 Å². The van der Waals surface area contributed by atoms with Gasteiger partial charge < -0.3 is 10.8 Å². The van der Waals surface area contributed by atoms with E-state index in [0.29, 0.717) is 0 Å². The van der Waals surface area contributed by atoms with Crippen molar-refractivity contribution in [1.29, 1.82) is 0 Å². The van der Waals surface area contributed by atoms with E-state index in [1.807, 2.05) is 0 Å². The molecule has 5 nitrogen and oxygen atoms in total. The minimum atomic E-state index is -4.67. The molecule has 3 N–H and O–H groups in total. The Morgan fingerprint density at radius 3 is 2.47 bits per heavy atom. The Balaban J connectivity index is 0.00000256. The zero-order chi connectivity index (χ0) is 12.5. The second kappa shape index (κ2) is 5.26. The molecule has 1 aromatic heterocycles. The fraction of sp³-hybridized carbons (Fsp3) is 0.500. The van der Waals surface area contributed by atoms with Gasteiger partial charge in [-0.2, -0.15) is 18.3 Å². The average Bonchev–Trinajstić information content (AvgIpc) is 2.47. The number of carboxylic acids is 1. The minimum Gasteiger partial charge on any atom is -0.480 e. The number of alkyl halides is 3. The lowest BCUT2D eigenvalue weighted by molar-refractivity contribution is -0.144. The summed E-state index contributed by atoms with van der Waals surface area (Å²) in [5, 5.41) is 11.9. The van der Waals surface area contributed by atoms with Crippen molar-refractivity contribution in [3.8, 4) is 0 Å². The fourth-order valence-electron chi connectivity index (χ4n) is 1.26. The molecular weight excluding hydrogens is 263 g/mol. The van der Waals surface area contributed by atoms with Crippen molar-refractivity contribution in [2.45, 2.75) is 25.6 Å². The van der Waals surface area contributed by atoms with Crippen LogP contribution in [0.4, 0.5) is 18.9 Å². The Labute approximate surface area is 101 Å². The van der Waals surface area contributed by atoms with Crippen molar-refractivity contribution in [1.82, 2.24) is 9.78 Å². The van der Waals surface area contributed by atoms with E-state index >= 15 is 0 Å². The molecule has 0 aliphatic rings. The molecule has 0 aliphatic carbocycles. The Morgan fingerprint density at radius 2 is 2.18 bits per heavy atom. The van der Waals surface area contributed by atoms with Crippen LogP contribution in [0.15, 0.2) is 6.20 Å². The van der Waals surface area contributed by atoms with Gasteiger partial charge in [0, 0.05) is 6.20 Å². The zero-order valence-corrected chi connectivity index (χ0v) is 9.55. The number of carbonyl (C=O) groups is 1. The normalized spacial score (nSPS) is 12.9. The number of rotatable bonds is 3. The Kier molecular flexibility index (Phi) is 4.81. The molecule has 0 amide bonds. The SMILES string of the molecule is CCC(C(=O)O)n1cc(N)c(C(F)(F)F)n1.Cl. The van der Waals surface area contributed by atoms with Gasteiger partial charge in [-0.05, 0) is 6.42 Å². The second-order valence-corrected chi connectivity index (χ2v) is 3.17. The van der Waals surface area contributed by atoms with Gasteiger partial charge in [-0.3, -0.25) is 4.68 Å². The molecule has 1 heterocycles. The van der Waals surface area contributed by atoms with E-state index in [9.17, 15) is 18.0 Å². The summed E-state index contributed by atoms with van der Waals surface area (Å²) in [5.41, 5.74) is 3.29. The fourth-order valence-corrected chi connectivity index (χ4v) is 1.26. The summed E-state index contributed by atoms with van der Waals surface area (Å²) in [4.78, 5) is 10.7. The van der Waals surface area contributed by atoms with Gasteiger partial charge in [-0.15, -0.1) is 12.4 Å². The van der Waals surface area contributed by atoms with Crippen molar-refractivity contribution in [3.63, 3.8) is 0 Å². The molecule has 0 radical (unpaired) electrons. The maximum Gasteiger partial charge on any atom is 0.437 e. The van der Waals surface area contributed by atoms with Crippen LogP contribution in [-0.2, 0) is 11.0 Å². The van der Waals surface area contributed by atoms with Crippen LogP contribution >= 0.6 is 12.4 Å². The summed E-state index contributed by atoms with van der Waals surface area (Å²) < 4.78 is 37.7. The number of halogens is 4. The molecule has 17 heavy (non-hydrogen) atoms. The third kappa shape index (κ3) is 3.26. The molecule has 1 atom stereocenters. The number of hydrogen-bond donors (Lipinski definition) is 2. The third-order valence-electron chi connectivity index (χ3n) is 2.02. The highest BCUT2D eigenvalue weighted by molar-refractivity contribution is 5.85. The van der Waals surface area contributed by atoms with Crippen molar-refractivity contribution in [2.24, 2.45) is 0 Å². The largest absolute Gasteiger partial charge is 0.480 e. The second-order valence-electron chi connectivity index (χ2n) is 3.17. The van der Waals surface area contributed by atoms with Crippen molar-refractivity contribution in [3.05, 3.63) is 11.9 Å². The number of anilines is 1. The molecular formula is C8H11ClF3N3O2. The summed E-state index contributed by atoms with van der Waals surface area (Å²) in [7, 11) is 0. The molecule has 98 valence electrons. The Morgan fingerprint density at radius 1 is 1.65 bits per heavy atom. The summed E-state index contributed by atoms with van der Waals surface area (Å²) >= 11 is 0. The van der Waals surface area contributed by atoms with E-state index in [4.69, 9.17) is 10.8 Å². The number of aliphatic carboxylic acids is 1. The lowest BCUT2D eigenvalue weighted by Crippen LogP contribution is -2.19. The molecule has 0 saturated carbocycles. The molecule has 0 spiro atoms. The number of carboxylic acid groups (broad SMARTS) is 1. The highest BCUT2D eigenvalue weighted by atomic mass is 35.5. The molecule has 1 rings (SSSR count). The van der Waals surface area contributed by atoms with Gasteiger partial charge in [0.05, 0.1) is 5.69 Å². The van der Waals surface area contributed by atoms with E-state index in [2.05, 4.69) is 5.10 Å². The zero-order valence-electron chi connectivity index (χ0n) is 8.73. The molecule has 0 saturated heterocycles. The van der Waals surface area contributed by atoms with Crippen LogP contribution in [0.3, 0.4) is 0 Å². The number of hydrogen-bond acceptors (Lipinski definition) is 3. The molecule has 0 aromatic carbocycles. The quantitative estimate of drug-likeness (QED) is 0.882. The van der Waals surface area contributed by atoms with Gasteiger partial charge in [-0.25, -0.2) is 4.79 Å². The van der Waals surface area contributed by atoms with Gasteiger partial charge in [0.1, 0.15) is 6.04 Å². The first kappa shape index (κ1) is 15.6. The highest BCUT2D eigenvalue weighted by Gasteiger charge is 2.37. The summed E-state index contributed by atoms with van der Waals surface area (Å²) in [6.07, 6.45) is -3.68. The Bertz CT molecular complexity index is 405. The third-order valence-corrected chi connectivity index (χ3v) is 2.02. The molecule has 0 aliphatic heterocycles. The molecule has 0 fully saturated rings. The number of nitrogens with two attached hydrogens (primary N) is 1. The minimum absolute atomic E-state index is 0. The van der Waals surface area contributed by atoms with Gasteiger partial charge in [-0.1, -0.05) is 6.92 Å². The van der Waals surface area contributed by atoms with Crippen LogP contribution < -0.4 is 5.73 Å². The van der Waals surface area contributed by atoms with E-state index < -0.39 is 29.6 Å². The molecule has 1 aromatic rings. The number of nitrogens with zero attached hydrogens (tertiary/aromatic N) is 2. The smallest absolute Gasteiger partial charge is 0.437 e. The summed E-state index contributed by atoms with van der Waals surface area (Å²) in [5.74, 6) is -1.25.